The van der Waals surface area contributed by atoms with E-state index in [2.05, 4.69) is 5.32 Å². The van der Waals surface area contributed by atoms with Crippen LogP contribution in [0.5, 0.6) is 0 Å². The van der Waals surface area contributed by atoms with E-state index in [1.165, 1.54) is 24.3 Å². The van der Waals surface area contributed by atoms with E-state index in [1.807, 2.05) is 42.7 Å². The van der Waals surface area contributed by atoms with E-state index in [4.69, 9.17) is 0 Å². The van der Waals surface area contributed by atoms with Crippen LogP contribution in [0.4, 0.5) is 10.1 Å². The van der Waals surface area contributed by atoms with Crippen LogP contribution in [-0.2, 0) is 4.79 Å². The van der Waals surface area contributed by atoms with Crippen molar-refractivity contribution in [2.24, 2.45) is 0 Å². The van der Waals surface area contributed by atoms with E-state index < -0.39 is 0 Å². The second-order valence-electron chi connectivity index (χ2n) is 7.40. The first-order valence-electron chi connectivity index (χ1n) is 9.48. The molecule has 0 saturated carbocycles. The number of hydrogen-bond donors (Lipinski definition) is 1. The Morgan fingerprint density at radius 2 is 1.54 bits per heavy atom. The van der Waals surface area contributed by atoms with Gasteiger partial charge in [0.1, 0.15) is 5.82 Å². The summed E-state index contributed by atoms with van der Waals surface area (Å²) in [6.45, 7) is 8.71. The van der Waals surface area contributed by atoms with Gasteiger partial charge < -0.3 is 10.2 Å². The molecule has 5 nitrogen and oxygen atoms in total. The summed E-state index contributed by atoms with van der Waals surface area (Å²) in [6.07, 6.45) is 0. The zero-order valence-electron chi connectivity index (χ0n) is 16.6. The number of halogens is 1. The highest BCUT2D eigenvalue weighted by Gasteiger charge is 2.25. The number of carbonyl (C=O) groups is 2. The number of rotatable bonds is 4. The van der Waals surface area contributed by atoms with E-state index in [0.717, 1.165) is 22.3 Å². The molecule has 1 aliphatic rings. The van der Waals surface area contributed by atoms with Gasteiger partial charge in [-0.1, -0.05) is 17.7 Å². The van der Waals surface area contributed by atoms with Gasteiger partial charge >= 0.3 is 0 Å². The predicted octanol–water partition coefficient (Wildman–Crippen LogP) is 3.15. The first-order valence-corrected chi connectivity index (χ1v) is 9.48. The summed E-state index contributed by atoms with van der Waals surface area (Å²) in [5.74, 6) is -0.417. The van der Waals surface area contributed by atoms with E-state index in [0.29, 0.717) is 31.9 Å². The fraction of sp³-hybridized carbons (Fsp3) is 0.364. The zero-order valence-corrected chi connectivity index (χ0v) is 16.6. The number of nitrogens with zero attached hydrogens (tertiary/aromatic N) is 2. The Hall–Kier alpha value is -2.73. The van der Waals surface area contributed by atoms with Crippen molar-refractivity contribution in [1.29, 1.82) is 0 Å². The molecule has 1 aliphatic heterocycles. The summed E-state index contributed by atoms with van der Waals surface area (Å²) < 4.78 is 12.9. The van der Waals surface area contributed by atoms with Gasteiger partial charge in [0.2, 0.25) is 5.91 Å². The molecule has 0 atom stereocenters. The molecule has 3 rings (SSSR count). The van der Waals surface area contributed by atoms with Gasteiger partial charge in [0.05, 0.1) is 6.54 Å². The lowest BCUT2D eigenvalue weighted by molar-refractivity contribution is -0.117. The van der Waals surface area contributed by atoms with Crippen molar-refractivity contribution in [3.05, 3.63) is 64.5 Å². The molecular weight excluding hydrogens is 357 g/mol. The van der Waals surface area contributed by atoms with E-state index in [-0.39, 0.29) is 24.2 Å². The maximum Gasteiger partial charge on any atom is 0.254 e. The molecule has 2 aromatic carbocycles. The zero-order chi connectivity index (χ0) is 20.3. The first kappa shape index (κ1) is 20.0. The minimum atomic E-state index is -0.335. The quantitative estimate of drug-likeness (QED) is 0.883. The molecule has 0 aromatic heterocycles. The van der Waals surface area contributed by atoms with Crippen LogP contribution in [0, 0.1) is 26.6 Å². The molecule has 1 N–H and O–H groups in total. The molecular formula is C22H26FN3O2. The third-order valence-electron chi connectivity index (χ3n) is 5.05. The molecule has 0 radical (unpaired) electrons. The number of aryl methyl sites for hydroxylation is 3. The number of piperazine rings is 1. The summed E-state index contributed by atoms with van der Waals surface area (Å²) in [5.41, 5.74) is 4.52. The van der Waals surface area contributed by atoms with Crippen molar-refractivity contribution in [3.8, 4) is 0 Å². The number of carbonyl (C=O) groups excluding carboxylic acids is 2. The van der Waals surface area contributed by atoms with Crippen molar-refractivity contribution in [2.75, 3.05) is 38.0 Å². The lowest BCUT2D eigenvalue weighted by Gasteiger charge is -2.35. The van der Waals surface area contributed by atoms with Gasteiger partial charge in [0.15, 0.2) is 0 Å². The standard InChI is InChI=1S/C22H26FN3O2/c1-15-12-16(2)21(17(3)13-15)22(28)26-10-8-25(9-11-26)14-20(27)24-19-6-4-18(23)5-7-19/h4-7,12-13H,8-11,14H2,1-3H3,(H,24,27). The first-order chi connectivity index (χ1) is 13.3. The number of anilines is 1. The van der Waals surface area contributed by atoms with Gasteiger partial charge in [0, 0.05) is 37.4 Å². The Labute approximate surface area is 165 Å². The molecule has 28 heavy (non-hydrogen) atoms. The van der Waals surface area contributed by atoms with Crippen LogP contribution in [-0.4, -0.2) is 54.3 Å². The smallest absolute Gasteiger partial charge is 0.254 e. The molecule has 0 spiro atoms. The van der Waals surface area contributed by atoms with Crippen LogP contribution in [0.25, 0.3) is 0 Å². The monoisotopic (exact) mass is 383 g/mol. The Bertz CT molecular complexity index is 849. The van der Waals surface area contributed by atoms with Crippen LogP contribution in [0.2, 0.25) is 0 Å². The third kappa shape index (κ3) is 4.75. The molecule has 148 valence electrons. The number of hydrogen-bond acceptors (Lipinski definition) is 3. The fourth-order valence-corrected chi connectivity index (χ4v) is 3.72. The number of benzene rings is 2. The molecule has 6 heteroatoms. The predicted molar refractivity (Wildman–Crippen MR) is 108 cm³/mol. The molecule has 2 aromatic rings. The van der Waals surface area contributed by atoms with Gasteiger partial charge in [-0.05, 0) is 56.2 Å². The fourth-order valence-electron chi connectivity index (χ4n) is 3.72. The van der Waals surface area contributed by atoms with Crippen LogP contribution in [0.3, 0.4) is 0 Å². The van der Waals surface area contributed by atoms with Crippen molar-refractivity contribution in [1.82, 2.24) is 9.80 Å². The van der Waals surface area contributed by atoms with Gasteiger partial charge in [-0.25, -0.2) is 4.39 Å². The Morgan fingerprint density at radius 1 is 0.964 bits per heavy atom. The second kappa shape index (κ2) is 8.52. The summed E-state index contributed by atoms with van der Waals surface area (Å²) in [7, 11) is 0. The summed E-state index contributed by atoms with van der Waals surface area (Å²) in [5, 5.41) is 2.77. The van der Waals surface area contributed by atoms with Gasteiger partial charge in [-0.3, -0.25) is 14.5 Å². The lowest BCUT2D eigenvalue weighted by atomic mass is 9.98. The minimum absolute atomic E-state index is 0.0606. The topological polar surface area (TPSA) is 52.7 Å². The van der Waals surface area contributed by atoms with Crippen LogP contribution >= 0.6 is 0 Å². The maximum absolute atomic E-state index is 12.9. The molecule has 0 aliphatic carbocycles. The van der Waals surface area contributed by atoms with Crippen molar-refractivity contribution in [2.45, 2.75) is 20.8 Å². The van der Waals surface area contributed by atoms with E-state index in [9.17, 15) is 14.0 Å². The lowest BCUT2D eigenvalue weighted by Crippen LogP contribution is -2.50. The highest BCUT2D eigenvalue weighted by atomic mass is 19.1. The molecule has 0 unspecified atom stereocenters. The normalized spacial score (nSPS) is 14.8. The third-order valence-corrected chi connectivity index (χ3v) is 5.05. The summed E-state index contributed by atoms with van der Waals surface area (Å²) in [6, 6.07) is 9.78. The molecule has 1 saturated heterocycles. The number of amides is 2. The summed E-state index contributed by atoms with van der Waals surface area (Å²) >= 11 is 0. The Kier molecular flexibility index (Phi) is 6.09. The van der Waals surface area contributed by atoms with Crippen LogP contribution in [0.1, 0.15) is 27.0 Å². The van der Waals surface area contributed by atoms with Gasteiger partial charge in [0.25, 0.3) is 5.91 Å². The van der Waals surface area contributed by atoms with Gasteiger partial charge in [-0.2, -0.15) is 0 Å². The maximum atomic E-state index is 12.9. The molecule has 2 amide bonds. The largest absolute Gasteiger partial charge is 0.336 e. The van der Waals surface area contributed by atoms with Crippen molar-refractivity contribution < 1.29 is 14.0 Å². The molecule has 1 heterocycles. The van der Waals surface area contributed by atoms with Crippen LogP contribution < -0.4 is 5.32 Å². The number of nitrogens with one attached hydrogen (secondary N) is 1. The molecule has 1 fully saturated rings. The summed E-state index contributed by atoms with van der Waals surface area (Å²) in [4.78, 5) is 29.0. The van der Waals surface area contributed by atoms with E-state index in [1.54, 1.807) is 0 Å². The second-order valence-corrected chi connectivity index (χ2v) is 7.40. The highest BCUT2D eigenvalue weighted by Crippen LogP contribution is 2.19. The van der Waals surface area contributed by atoms with E-state index >= 15 is 0 Å². The average Bonchev–Trinajstić information content (AvgIpc) is 2.63. The highest BCUT2D eigenvalue weighted by molar-refractivity contribution is 5.97. The Morgan fingerprint density at radius 3 is 2.11 bits per heavy atom. The average molecular weight is 383 g/mol. The minimum Gasteiger partial charge on any atom is -0.336 e. The Balaban J connectivity index is 1.53. The van der Waals surface area contributed by atoms with Crippen molar-refractivity contribution >= 4 is 17.5 Å². The molecule has 0 bridgehead atoms. The van der Waals surface area contributed by atoms with Gasteiger partial charge in [-0.15, -0.1) is 0 Å². The van der Waals surface area contributed by atoms with Crippen LogP contribution in [0.15, 0.2) is 36.4 Å². The van der Waals surface area contributed by atoms with Crippen molar-refractivity contribution in [3.63, 3.8) is 0 Å². The SMILES string of the molecule is Cc1cc(C)c(C(=O)N2CCN(CC(=O)Nc3ccc(F)cc3)CC2)c(C)c1.